The highest BCUT2D eigenvalue weighted by molar-refractivity contribution is 5.79. The number of rotatable bonds is 4. The molecule has 1 aliphatic carbocycles. The Morgan fingerprint density at radius 2 is 2.00 bits per heavy atom. The molecule has 0 spiro atoms. The first kappa shape index (κ1) is 14.6. The number of nitrogens with one attached hydrogen (secondary N) is 1. The van der Waals surface area contributed by atoms with Crippen LogP contribution < -0.4 is 5.32 Å². The second-order valence-electron chi connectivity index (χ2n) is 6.56. The molecule has 2 aliphatic rings. The van der Waals surface area contributed by atoms with Crippen molar-refractivity contribution < 1.29 is 4.79 Å². The van der Waals surface area contributed by atoms with Gasteiger partial charge in [-0.2, -0.15) is 0 Å². The van der Waals surface area contributed by atoms with E-state index in [1.807, 2.05) is 0 Å². The molecular weight excluding hydrogens is 236 g/mol. The van der Waals surface area contributed by atoms with Gasteiger partial charge in [0.1, 0.15) is 0 Å². The number of nitrogens with zero attached hydrogens (tertiary/aromatic N) is 1. The summed E-state index contributed by atoms with van der Waals surface area (Å²) in [6.07, 6.45) is 11.2. The molecule has 1 amide bonds. The summed E-state index contributed by atoms with van der Waals surface area (Å²) < 4.78 is 0. The third-order valence-electron chi connectivity index (χ3n) is 4.55. The largest absolute Gasteiger partial charge is 0.354 e. The molecule has 1 saturated heterocycles. The van der Waals surface area contributed by atoms with Gasteiger partial charge in [-0.3, -0.25) is 9.69 Å². The molecule has 0 aromatic heterocycles. The average molecular weight is 264 g/mol. The molecule has 3 nitrogen and oxygen atoms in total. The van der Waals surface area contributed by atoms with Gasteiger partial charge in [-0.15, -0.1) is 0 Å². The molecule has 1 atom stereocenters. The number of piperidine rings is 1. The van der Waals surface area contributed by atoms with Crippen molar-refractivity contribution in [1.82, 2.24) is 10.2 Å². The third-order valence-corrected chi connectivity index (χ3v) is 4.55. The molecule has 19 heavy (non-hydrogen) atoms. The van der Waals surface area contributed by atoms with Crippen molar-refractivity contribution in [1.29, 1.82) is 0 Å². The highest BCUT2D eigenvalue weighted by Gasteiger charge is 2.29. The minimum Gasteiger partial charge on any atom is -0.354 e. The molecule has 1 unspecified atom stereocenters. The first-order chi connectivity index (χ1) is 9.09. The fraction of sp³-hybridized carbons (Fsp3) is 0.812. The second kappa shape index (κ2) is 6.56. The maximum Gasteiger partial charge on any atom is 0.223 e. The van der Waals surface area contributed by atoms with Crippen LogP contribution in [-0.4, -0.2) is 36.0 Å². The summed E-state index contributed by atoms with van der Waals surface area (Å²) in [4.78, 5) is 14.7. The lowest BCUT2D eigenvalue weighted by Gasteiger charge is -2.41. The van der Waals surface area contributed by atoms with Gasteiger partial charge in [0.15, 0.2) is 0 Å². The van der Waals surface area contributed by atoms with Crippen molar-refractivity contribution in [3.05, 3.63) is 12.2 Å². The minimum atomic E-state index is 0.0839. The van der Waals surface area contributed by atoms with Gasteiger partial charge in [0, 0.05) is 18.0 Å². The minimum absolute atomic E-state index is 0.0839. The third kappa shape index (κ3) is 4.07. The van der Waals surface area contributed by atoms with Crippen LogP contribution >= 0.6 is 0 Å². The van der Waals surface area contributed by atoms with E-state index in [-0.39, 0.29) is 17.4 Å². The number of carbonyl (C=O) groups excluding carboxylic acids is 1. The van der Waals surface area contributed by atoms with Gasteiger partial charge < -0.3 is 5.32 Å². The maximum absolute atomic E-state index is 12.2. The topological polar surface area (TPSA) is 32.3 Å². The van der Waals surface area contributed by atoms with Crippen molar-refractivity contribution in [3.8, 4) is 0 Å². The van der Waals surface area contributed by atoms with Crippen molar-refractivity contribution in [2.45, 2.75) is 57.9 Å². The van der Waals surface area contributed by atoms with Gasteiger partial charge in [0.25, 0.3) is 0 Å². The smallest absolute Gasteiger partial charge is 0.223 e. The van der Waals surface area contributed by atoms with E-state index in [1.54, 1.807) is 0 Å². The molecule has 0 aromatic carbocycles. The zero-order valence-corrected chi connectivity index (χ0v) is 12.5. The molecule has 2 rings (SSSR count). The van der Waals surface area contributed by atoms with Crippen molar-refractivity contribution >= 4 is 5.91 Å². The highest BCUT2D eigenvalue weighted by Crippen LogP contribution is 2.21. The zero-order chi connectivity index (χ0) is 13.7. The highest BCUT2D eigenvalue weighted by atomic mass is 16.1. The Labute approximate surface area is 117 Å². The van der Waals surface area contributed by atoms with Crippen LogP contribution in [0.2, 0.25) is 0 Å². The van der Waals surface area contributed by atoms with E-state index in [2.05, 4.69) is 36.2 Å². The first-order valence-electron chi connectivity index (χ1n) is 7.77. The van der Waals surface area contributed by atoms with E-state index in [1.165, 1.54) is 32.4 Å². The molecule has 3 heteroatoms. The SMILES string of the molecule is CC(C)(CNC(=O)C1CC=CCC1)N1CCCCC1. The van der Waals surface area contributed by atoms with E-state index < -0.39 is 0 Å². The summed E-state index contributed by atoms with van der Waals surface area (Å²) in [5.41, 5.74) is 0.0839. The molecule has 0 aromatic rings. The number of allylic oxidation sites excluding steroid dienone is 2. The number of amides is 1. The van der Waals surface area contributed by atoms with Crippen molar-refractivity contribution in [3.63, 3.8) is 0 Å². The predicted octanol–water partition coefficient (Wildman–Crippen LogP) is 2.72. The summed E-state index contributed by atoms with van der Waals surface area (Å²) in [5, 5.41) is 3.18. The number of hydrogen-bond donors (Lipinski definition) is 1. The summed E-state index contributed by atoms with van der Waals surface area (Å²) >= 11 is 0. The van der Waals surface area contributed by atoms with E-state index in [4.69, 9.17) is 0 Å². The lowest BCUT2D eigenvalue weighted by atomic mass is 9.93. The number of likely N-dealkylation sites (tertiary alicyclic amines) is 1. The van der Waals surface area contributed by atoms with Gasteiger partial charge in [-0.1, -0.05) is 18.6 Å². The second-order valence-corrected chi connectivity index (χ2v) is 6.56. The zero-order valence-electron chi connectivity index (χ0n) is 12.5. The van der Waals surface area contributed by atoms with E-state index in [0.717, 1.165) is 25.8 Å². The standard InChI is InChI=1S/C16H28N2O/c1-16(2,18-11-7-4-8-12-18)13-17-15(19)14-9-5-3-6-10-14/h3,5,14H,4,6-13H2,1-2H3,(H,17,19). The summed E-state index contributed by atoms with van der Waals surface area (Å²) in [5.74, 6) is 0.441. The molecule has 1 heterocycles. The van der Waals surface area contributed by atoms with Crippen LogP contribution in [0.15, 0.2) is 12.2 Å². The summed E-state index contributed by atoms with van der Waals surface area (Å²) in [6.45, 7) is 7.62. The van der Waals surface area contributed by atoms with Crippen LogP contribution in [0, 0.1) is 5.92 Å². The Hall–Kier alpha value is -0.830. The maximum atomic E-state index is 12.2. The Kier molecular flexibility index (Phi) is 5.03. The van der Waals surface area contributed by atoms with E-state index >= 15 is 0 Å². The molecule has 108 valence electrons. The average Bonchev–Trinajstić information content (AvgIpc) is 2.47. The van der Waals surface area contributed by atoms with Crippen LogP contribution in [0.5, 0.6) is 0 Å². The monoisotopic (exact) mass is 264 g/mol. The van der Waals surface area contributed by atoms with Gasteiger partial charge >= 0.3 is 0 Å². The lowest BCUT2D eigenvalue weighted by Crippen LogP contribution is -2.54. The molecule has 0 bridgehead atoms. The summed E-state index contributed by atoms with van der Waals surface area (Å²) in [6, 6.07) is 0. The van der Waals surface area contributed by atoms with Crippen LogP contribution in [0.4, 0.5) is 0 Å². The number of hydrogen-bond acceptors (Lipinski definition) is 2. The van der Waals surface area contributed by atoms with Gasteiger partial charge in [0.05, 0.1) is 0 Å². The first-order valence-corrected chi connectivity index (χ1v) is 7.77. The Bertz CT molecular complexity index is 330. The molecule has 1 N–H and O–H groups in total. The van der Waals surface area contributed by atoms with Gasteiger partial charge in [0.2, 0.25) is 5.91 Å². The predicted molar refractivity (Wildman–Crippen MR) is 79.0 cm³/mol. The molecule has 1 fully saturated rings. The van der Waals surface area contributed by atoms with Gasteiger partial charge in [-0.25, -0.2) is 0 Å². The van der Waals surface area contributed by atoms with Crippen LogP contribution in [0.25, 0.3) is 0 Å². The van der Waals surface area contributed by atoms with Crippen molar-refractivity contribution in [2.24, 2.45) is 5.92 Å². The fourth-order valence-electron chi connectivity index (χ4n) is 3.09. The Morgan fingerprint density at radius 3 is 2.63 bits per heavy atom. The Balaban J connectivity index is 1.79. The Morgan fingerprint density at radius 1 is 1.26 bits per heavy atom. The summed E-state index contributed by atoms with van der Waals surface area (Å²) in [7, 11) is 0. The van der Waals surface area contributed by atoms with E-state index in [0.29, 0.717) is 0 Å². The lowest BCUT2D eigenvalue weighted by molar-refractivity contribution is -0.125. The quantitative estimate of drug-likeness (QED) is 0.792. The fourth-order valence-corrected chi connectivity index (χ4v) is 3.09. The van der Waals surface area contributed by atoms with E-state index in [9.17, 15) is 4.79 Å². The molecule has 1 aliphatic heterocycles. The van der Waals surface area contributed by atoms with Gasteiger partial charge in [-0.05, 0) is 59.0 Å². The number of carbonyl (C=O) groups is 1. The van der Waals surface area contributed by atoms with Crippen LogP contribution in [0.1, 0.15) is 52.4 Å². The van der Waals surface area contributed by atoms with Crippen LogP contribution in [-0.2, 0) is 4.79 Å². The molecule has 0 saturated carbocycles. The molecular formula is C16H28N2O. The van der Waals surface area contributed by atoms with Crippen LogP contribution in [0.3, 0.4) is 0 Å². The normalized spacial score (nSPS) is 25.3. The van der Waals surface area contributed by atoms with Crippen molar-refractivity contribution in [2.75, 3.05) is 19.6 Å². The molecule has 0 radical (unpaired) electrons.